The Hall–Kier alpha value is -2.57. The van der Waals surface area contributed by atoms with E-state index in [1.54, 1.807) is 19.2 Å². The van der Waals surface area contributed by atoms with Crippen LogP contribution in [0.5, 0.6) is 11.5 Å². The summed E-state index contributed by atoms with van der Waals surface area (Å²) < 4.78 is 18.2. The first-order chi connectivity index (χ1) is 14.6. The first kappa shape index (κ1) is 19.4. The van der Waals surface area contributed by atoms with E-state index in [1.807, 2.05) is 18.2 Å². The van der Waals surface area contributed by atoms with E-state index in [9.17, 15) is 4.79 Å². The minimum Gasteiger partial charge on any atom is -0.496 e. The molecule has 2 aliphatic heterocycles. The third-order valence-corrected chi connectivity index (χ3v) is 6.80. The van der Waals surface area contributed by atoms with Crippen molar-refractivity contribution in [2.75, 3.05) is 20.2 Å². The lowest BCUT2D eigenvalue weighted by Crippen LogP contribution is -2.54. The van der Waals surface area contributed by atoms with E-state index in [0.717, 1.165) is 54.4 Å². The average Bonchev–Trinajstić information content (AvgIpc) is 2.73. The molecule has 5 rings (SSSR count). The number of amides is 1. The summed E-state index contributed by atoms with van der Waals surface area (Å²) in [5.41, 5.74) is 8.74. The second-order valence-corrected chi connectivity index (χ2v) is 8.52. The summed E-state index contributed by atoms with van der Waals surface area (Å²) in [5, 5.41) is 0. The standard InChI is InChI=1S/C24H28N2O4/c1-28-22-14-17(23(25)27)5-7-20(22)16-6-8-21-18(13-16)15-29-24(30-21)9-11-26(12-10-24)19-3-2-4-19/h5-8,13-14,19H,2-4,9-12,15H2,1H3,(H2,25,27). The number of fused-ring (bicyclic) bond motifs is 1. The number of carbonyl (C=O) groups excluding carboxylic acids is 1. The molecule has 2 aromatic rings. The molecule has 1 saturated heterocycles. The Morgan fingerprint density at radius 1 is 1.17 bits per heavy atom. The number of nitrogens with zero attached hydrogens (tertiary/aromatic N) is 1. The maximum atomic E-state index is 11.5. The molecule has 0 unspecified atom stereocenters. The van der Waals surface area contributed by atoms with Gasteiger partial charge >= 0.3 is 0 Å². The lowest BCUT2D eigenvalue weighted by Gasteiger charge is -2.47. The number of piperidine rings is 1. The van der Waals surface area contributed by atoms with E-state index >= 15 is 0 Å². The summed E-state index contributed by atoms with van der Waals surface area (Å²) in [5.74, 6) is 0.551. The molecule has 6 heteroatoms. The summed E-state index contributed by atoms with van der Waals surface area (Å²) in [7, 11) is 1.59. The summed E-state index contributed by atoms with van der Waals surface area (Å²) in [4.78, 5) is 14.1. The van der Waals surface area contributed by atoms with Crippen LogP contribution in [-0.4, -0.2) is 42.8 Å². The van der Waals surface area contributed by atoms with Crippen LogP contribution in [0, 0.1) is 0 Å². The van der Waals surface area contributed by atoms with Crippen molar-refractivity contribution in [1.29, 1.82) is 0 Å². The van der Waals surface area contributed by atoms with Crippen LogP contribution < -0.4 is 15.2 Å². The molecule has 1 spiro atoms. The van der Waals surface area contributed by atoms with Crippen molar-refractivity contribution >= 4 is 5.91 Å². The second kappa shape index (κ2) is 7.60. The maximum absolute atomic E-state index is 11.5. The van der Waals surface area contributed by atoms with Crippen molar-refractivity contribution in [3.8, 4) is 22.6 Å². The zero-order valence-corrected chi connectivity index (χ0v) is 17.4. The molecule has 0 radical (unpaired) electrons. The number of nitrogens with two attached hydrogens (primary N) is 1. The zero-order chi connectivity index (χ0) is 20.7. The topological polar surface area (TPSA) is 74.0 Å². The SMILES string of the molecule is COc1cc(C(N)=O)ccc1-c1ccc2c(c1)COC1(CCN(C3CCC3)CC1)O2. The van der Waals surface area contributed by atoms with Gasteiger partial charge in [-0.25, -0.2) is 0 Å². The van der Waals surface area contributed by atoms with Crippen LogP contribution in [0.4, 0.5) is 0 Å². The smallest absolute Gasteiger partial charge is 0.248 e. The van der Waals surface area contributed by atoms with Gasteiger partial charge in [-0.05, 0) is 48.7 Å². The third kappa shape index (κ3) is 3.44. The monoisotopic (exact) mass is 408 g/mol. The van der Waals surface area contributed by atoms with Gasteiger partial charge in [0, 0.05) is 48.7 Å². The largest absolute Gasteiger partial charge is 0.496 e. The Labute approximate surface area is 176 Å². The fourth-order valence-electron chi connectivity index (χ4n) is 4.71. The summed E-state index contributed by atoms with van der Waals surface area (Å²) in [6, 6.07) is 12.2. The Kier molecular flexibility index (Phi) is 4.91. The van der Waals surface area contributed by atoms with E-state index in [2.05, 4.69) is 11.0 Å². The normalized spacial score (nSPS) is 20.8. The number of ether oxygens (including phenoxy) is 3. The van der Waals surface area contributed by atoms with Crippen LogP contribution in [0.1, 0.15) is 48.0 Å². The number of rotatable bonds is 4. The highest BCUT2D eigenvalue weighted by atomic mass is 16.7. The van der Waals surface area contributed by atoms with Crippen molar-refractivity contribution in [3.63, 3.8) is 0 Å². The molecular weight excluding hydrogens is 380 g/mol. The highest BCUT2D eigenvalue weighted by Crippen LogP contribution is 2.41. The lowest BCUT2D eigenvalue weighted by molar-refractivity contribution is -0.231. The number of hydrogen-bond donors (Lipinski definition) is 1. The molecule has 1 amide bonds. The third-order valence-electron chi connectivity index (χ3n) is 6.80. The molecule has 1 aliphatic carbocycles. The molecule has 0 atom stereocenters. The van der Waals surface area contributed by atoms with E-state index in [-0.39, 0.29) is 0 Å². The van der Waals surface area contributed by atoms with E-state index in [4.69, 9.17) is 19.9 Å². The molecule has 6 nitrogen and oxygen atoms in total. The predicted octanol–water partition coefficient (Wildman–Crippen LogP) is 3.71. The summed E-state index contributed by atoms with van der Waals surface area (Å²) in [6.07, 6.45) is 5.86. The molecule has 1 saturated carbocycles. The molecule has 0 aromatic heterocycles. The van der Waals surface area contributed by atoms with Gasteiger partial charge in [-0.15, -0.1) is 0 Å². The molecule has 158 valence electrons. The number of hydrogen-bond acceptors (Lipinski definition) is 5. The number of methoxy groups -OCH3 is 1. The number of carbonyl (C=O) groups is 1. The van der Waals surface area contributed by atoms with Crippen molar-refractivity contribution < 1.29 is 19.0 Å². The zero-order valence-electron chi connectivity index (χ0n) is 17.4. The minimum absolute atomic E-state index is 0.426. The predicted molar refractivity (Wildman–Crippen MR) is 114 cm³/mol. The van der Waals surface area contributed by atoms with Gasteiger partial charge in [-0.2, -0.15) is 0 Å². The summed E-state index contributed by atoms with van der Waals surface area (Å²) in [6.45, 7) is 2.62. The Balaban J connectivity index is 1.34. The Morgan fingerprint density at radius 3 is 2.63 bits per heavy atom. The molecule has 2 fully saturated rings. The van der Waals surface area contributed by atoms with E-state index < -0.39 is 11.7 Å². The maximum Gasteiger partial charge on any atom is 0.248 e. The van der Waals surface area contributed by atoms with Gasteiger partial charge in [0.25, 0.3) is 0 Å². The quantitative estimate of drug-likeness (QED) is 0.835. The molecular formula is C24H28N2O4. The van der Waals surface area contributed by atoms with Crippen LogP contribution in [0.3, 0.4) is 0 Å². The van der Waals surface area contributed by atoms with Crippen molar-refractivity contribution in [1.82, 2.24) is 4.90 Å². The van der Waals surface area contributed by atoms with E-state index in [0.29, 0.717) is 17.9 Å². The Bertz CT molecular complexity index is 962. The van der Waals surface area contributed by atoms with Crippen molar-refractivity contribution in [3.05, 3.63) is 47.5 Å². The molecule has 2 aromatic carbocycles. The lowest BCUT2D eigenvalue weighted by atomic mass is 9.89. The van der Waals surface area contributed by atoms with Gasteiger partial charge in [-0.3, -0.25) is 9.69 Å². The van der Waals surface area contributed by atoms with Gasteiger partial charge in [-0.1, -0.05) is 12.5 Å². The van der Waals surface area contributed by atoms with Gasteiger partial charge in [0.15, 0.2) is 0 Å². The van der Waals surface area contributed by atoms with Crippen LogP contribution in [0.25, 0.3) is 11.1 Å². The first-order valence-corrected chi connectivity index (χ1v) is 10.8. The first-order valence-electron chi connectivity index (χ1n) is 10.8. The van der Waals surface area contributed by atoms with Crippen molar-refractivity contribution in [2.45, 2.75) is 50.5 Å². The molecule has 0 bridgehead atoms. The minimum atomic E-state index is -0.490. The molecule has 30 heavy (non-hydrogen) atoms. The van der Waals surface area contributed by atoms with Gasteiger partial charge in [0.05, 0.1) is 13.7 Å². The van der Waals surface area contributed by atoms with Crippen LogP contribution >= 0.6 is 0 Å². The average molecular weight is 408 g/mol. The van der Waals surface area contributed by atoms with E-state index in [1.165, 1.54) is 19.3 Å². The molecule has 2 N–H and O–H groups in total. The number of primary amides is 1. The fourth-order valence-corrected chi connectivity index (χ4v) is 4.71. The van der Waals surface area contributed by atoms with Crippen LogP contribution in [0.15, 0.2) is 36.4 Å². The summed E-state index contributed by atoms with van der Waals surface area (Å²) >= 11 is 0. The van der Waals surface area contributed by atoms with Gasteiger partial charge < -0.3 is 19.9 Å². The highest BCUT2D eigenvalue weighted by Gasteiger charge is 2.42. The Morgan fingerprint density at radius 2 is 1.97 bits per heavy atom. The fraction of sp³-hybridized carbons (Fsp3) is 0.458. The highest BCUT2D eigenvalue weighted by molar-refractivity contribution is 5.94. The van der Waals surface area contributed by atoms with Gasteiger partial charge in [0.1, 0.15) is 11.5 Å². The van der Waals surface area contributed by atoms with Gasteiger partial charge in [0.2, 0.25) is 11.7 Å². The van der Waals surface area contributed by atoms with Crippen LogP contribution in [-0.2, 0) is 11.3 Å². The molecule has 2 heterocycles. The number of likely N-dealkylation sites (tertiary alicyclic amines) is 1. The van der Waals surface area contributed by atoms with Crippen molar-refractivity contribution in [2.24, 2.45) is 5.73 Å². The molecule has 3 aliphatic rings. The number of benzene rings is 2. The van der Waals surface area contributed by atoms with Crippen LogP contribution in [0.2, 0.25) is 0 Å². The second-order valence-electron chi connectivity index (χ2n) is 8.52.